The molecule has 0 radical (unpaired) electrons. The maximum atomic E-state index is 10.4. The van der Waals surface area contributed by atoms with Gasteiger partial charge in [-0.3, -0.25) is 10.1 Å². The summed E-state index contributed by atoms with van der Waals surface area (Å²) in [4.78, 5) is 11.3. The molecule has 1 aromatic heterocycles. The third-order valence-corrected chi connectivity index (χ3v) is 1.84. The van der Waals surface area contributed by atoms with Crippen molar-refractivity contribution in [3.8, 4) is 11.4 Å². The Morgan fingerprint density at radius 1 is 1.33 bits per heavy atom. The Balaban J connectivity index is 2.35. The van der Waals surface area contributed by atoms with Crippen molar-refractivity contribution in [3.63, 3.8) is 0 Å². The molecular formula is C8H7N5O2. The van der Waals surface area contributed by atoms with Crippen LogP contribution in [0.4, 0.5) is 5.69 Å². The van der Waals surface area contributed by atoms with Crippen molar-refractivity contribution in [2.75, 3.05) is 0 Å². The van der Waals surface area contributed by atoms with Crippen LogP contribution in [0.25, 0.3) is 11.4 Å². The van der Waals surface area contributed by atoms with Crippen molar-refractivity contribution in [1.29, 1.82) is 0 Å². The molecule has 0 amide bonds. The molecule has 0 aliphatic rings. The van der Waals surface area contributed by atoms with Crippen LogP contribution in [0.2, 0.25) is 0 Å². The van der Waals surface area contributed by atoms with Crippen molar-refractivity contribution in [2.45, 2.75) is 0 Å². The molecule has 0 unspecified atom stereocenters. The zero-order chi connectivity index (χ0) is 10.8. The molecule has 2 aromatic rings. The molecule has 0 atom stereocenters. The van der Waals surface area contributed by atoms with E-state index in [1.807, 2.05) is 0 Å². The zero-order valence-corrected chi connectivity index (χ0v) is 7.86. The van der Waals surface area contributed by atoms with Gasteiger partial charge in [0.25, 0.3) is 5.69 Å². The Morgan fingerprint density at radius 2 is 2.00 bits per heavy atom. The minimum absolute atomic E-state index is 0.0441. The average Bonchev–Trinajstić information content (AvgIpc) is 2.65. The molecule has 7 nitrogen and oxygen atoms in total. The molecule has 7 heteroatoms. The standard InChI is InChI=1S/C8H7N5O2/c1-12-10-8(9-11-12)6-2-4-7(5-3-6)13(14)15/h2-5H,1H3. The number of nitro benzene ring substituents is 1. The van der Waals surface area contributed by atoms with Gasteiger partial charge in [0.2, 0.25) is 5.82 Å². The van der Waals surface area contributed by atoms with E-state index in [4.69, 9.17) is 0 Å². The Labute approximate surface area is 84.5 Å². The summed E-state index contributed by atoms with van der Waals surface area (Å²) in [6.45, 7) is 0. The van der Waals surface area contributed by atoms with E-state index in [0.717, 1.165) is 0 Å². The molecule has 2 rings (SSSR count). The third-order valence-electron chi connectivity index (χ3n) is 1.84. The lowest BCUT2D eigenvalue weighted by atomic mass is 10.2. The van der Waals surface area contributed by atoms with Crippen molar-refractivity contribution in [1.82, 2.24) is 20.2 Å². The highest BCUT2D eigenvalue weighted by atomic mass is 16.6. The van der Waals surface area contributed by atoms with E-state index >= 15 is 0 Å². The van der Waals surface area contributed by atoms with Crippen LogP contribution < -0.4 is 0 Å². The van der Waals surface area contributed by atoms with E-state index in [2.05, 4.69) is 15.4 Å². The summed E-state index contributed by atoms with van der Waals surface area (Å²) < 4.78 is 0. The first-order valence-corrected chi connectivity index (χ1v) is 4.15. The molecule has 0 fully saturated rings. The number of hydrogen-bond acceptors (Lipinski definition) is 5. The summed E-state index contributed by atoms with van der Waals surface area (Å²) >= 11 is 0. The number of benzene rings is 1. The predicted octanol–water partition coefficient (Wildman–Crippen LogP) is 0.785. The summed E-state index contributed by atoms with van der Waals surface area (Å²) in [6.07, 6.45) is 0. The molecule has 0 N–H and O–H groups in total. The van der Waals surface area contributed by atoms with Crippen LogP contribution in [-0.2, 0) is 7.05 Å². The molecule has 0 saturated heterocycles. The lowest BCUT2D eigenvalue weighted by molar-refractivity contribution is -0.384. The van der Waals surface area contributed by atoms with Gasteiger partial charge >= 0.3 is 0 Å². The SMILES string of the molecule is Cn1nnc(-c2ccc([N+](=O)[O-])cc2)n1. The minimum Gasteiger partial charge on any atom is -0.258 e. The van der Waals surface area contributed by atoms with Gasteiger partial charge in [-0.05, 0) is 17.3 Å². The first-order valence-electron chi connectivity index (χ1n) is 4.15. The van der Waals surface area contributed by atoms with Gasteiger partial charge in [0, 0.05) is 17.7 Å². The van der Waals surface area contributed by atoms with Crippen LogP contribution in [0.15, 0.2) is 24.3 Å². The number of nitrogens with zero attached hydrogens (tertiary/aromatic N) is 5. The largest absolute Gasteiger partial charge is 0.269 e. The molecule has 15 heavy (non-hydrogen) atoms. The lowest BCUT2D eigenvalue weighted by Crippen LogP contribution is -1.92. The van der Waals surface area contributed by atoms with Gasteiger partial charge in [0.05, 0.1) is 12.0 Å². The Morgan fingerprint density at radius 3 is 2.47 bits per heavy atom. The normalized spacial score (nSPS) is 10.2. The van der Waals surface area contributed by atoms with Crippen molar-refractivity contribution < 1.29 is 4.92 Å². The van der Waals surface area contributed by atoms with Crippen molar-refractivity contribution >= 4 is 5.69 Å². The number of non-ortho nitro benzene ring substituents is 1. The van der Waals surface area contributed by atoms with Gasteiger partial charge in [-0.25, -0.2) is 0 Å². The van der Waals surface area contributed by atoms with E-state index in [-0.39, 0.29) is 5.69 Å². The first kappa shape index (κ1) is 9.25. The topological polar surface area (TPSA) is 86.7 Å². The van der Waals surface area contributed by atoms with Gasteiger partial charge < -0.3 is 0 Å². The average molecular weight is 205 g/mol. The Kier molecular flexibility index (Phi) is 2.13. The van der Waals surface area contributed by atoms with Gasteiger partial charge in [-0.1, -0.05) is 0 Å². The van der Waals surface area contributed by atoms with Crippen LogP contribution >= 0.6 is 0 Å². The predicted molar refractivity (Wildman–Crippen MR) is 50.9 cm³/mol. The molecule has 76 valence electrons. The summed E-state index contributed by atoms with van der Waals surface area (Å²) in [6, 6.07) is 6.00. The van der Waals surface area contributed by atoms with Gasteiger partial charge in [-0.2, -0.15) is 4.80 Å². The fraction of sp³-hybridized carbons (Fsp3) is 0.125. The Hall–Kier alpha value is -2.31. The van der Waals surface area contributed by atoms with E-state index < -0.39 is 4.92 Å². The van der Waals surface area contributed by atoms with Crippen molar-refractivity contribution in [2.24, 2.45) is 7.05 Å². The van der Waals surface area contributed by atoms with Gasteiger partial charge in [0.1, 0.15) is 0 Å². The summed E-state index contributed by atoms with van der Waals surface area (Å²) in [5.41, 5.74) is 0.747. The van der Waals surface area contributed by atoms with E-state index in [1.165, 1.54) is 16.9 Å². The van der Waals surface area contributed by atoms with Crippen molar-refractivity contribution in [3.05, 3.63) is 34.4 Å². The summed E-state index contributed by atoms with van der Waals surface area (Å²) in [5, 5.41) is 21.9. The lowest BCUT2D eigenvalue weighted by Gasteiger charge is -1.93. The van der Waals surface area contributed by atoms with E-state index in [1.54, 1.807) is 19.2 Å². The second-order valence-corrected chi connectivity index (χ2v) is 2.91. The number of nitro groups is 1. The maximum Gasteiger partial charge on any atom is 0.269 e. The third kappa shape index (κ3) is 1.80. The van der Waals surface area contributed by atoms with Gasteiger partial charge in [0.15, 0.2) is 0 Å². The van der Waals surface area contributed by atoms with Crippen LogP contribution in [0, 0.1) is 10.1 Å². The van der Waals surface area contributed by atoms with Crippen LogP contribution in [0.5, 0.6) is 0 Å². The van der Waals surface area contributed by atoms with Gasteiger partial charge in [-0.15, -0.1) is 10.2 Å². The first-order chi connectivity index (χ1) is 7.16. The zero-order valence-electron chi connectivity index (χ0n) is 7.86. The molecule has 0 aliphatic heterocycles. The highest BCUT2D eigenvalue weighted by molar-refractivity contribution is 5.56. The highest BCUT2D eigenvalue weighted by Gasteiger charge is 2.07. The molecule has 1 aromatic carbocycles. The van der Waals surface area contributed by atoms with Crippen LogP contribution in [-0.4, -0.2) is 25.1 Å². The second kappa shape index (κ2) is 3.45. The molecule has 0 aliphatic carbocycles. The van der Waals surface area contributed by atoms with Crippen LogP contribution in [0.1, 0.15) is 0 Å². The number of tetrazole rings is 1. The van der Waals surface area contributed by atoms with E-state index in [9.17, 15) is 10.1 Å². The number of hydrogen-bond donors (Lipinski definition) is 0. The molecular weight excluding hydrogens is 198 g/mol. The summed E-state index contributed by atoms with van der Waals surface area (Å²) in [5.74, 6) is 0.451. The molecule has 0 bridgehead atoms. The fourth-order valence-corrected chi connectivity index (χ4v) is 1.13. The van der Waals surface area contributed by atoms with Crippen LogP contribution in [0.3, 0.4) is 0 Å². The number of rotatable bonds is 2. The molecule has 0 saturated carbocycles. The smallest absolute Gasteiger partial charge is 0.258 e. The quantitative estimate of drug-likeness (QED) is 0.534. The Bertz CT molecular complexity index is 490. The monoisotopic (exact) mass is 205 g/mol. The van der Waals surface area contributed by atoms with E-state index in [0.29, 0.717) is 11.4 Å². The molecule has 0 spiro atoms. The molecule has 1 heterocycles. The highest BCUT2D eigenvalue weighted by Crippen LogP contribution is 2.18. The second-order valence-electron chi connectivity index (χ2n) is 2.91. The summed E-state index contributed by atoms with van der Waals surface area (Å²) in [7, 11) is 1.65. The maximum absolute atomic E-state index is 10.4. The minimum atomic E-state index is -0.451. The fourth-order valence-electron chi connectivity index (χ4n) is 1.13. The number of aromatic nitrogens is 4. The number of aryl methyl sites for hydroxylation is 1.